The Morgan fingerprint density at radius 1 is 1.00 bits per heavy atom. The Hall–Kier alpha value is -2.14. The van der Waals surface area contributed by atoms with Crippen LogP contribution in [0.1, 0.15) is 79.8 Å². The first kappa shape index (κ1) is 21.1. The summed E-state index contributed by atoms with van der Waals surface area (Å²) < 4.78 is 55.9. The SMILES string of the molecule is CCCC1CCC(c2ccc3c(c2)C=CC(O)(c2cc(F)c(F)c(F)c2)C3F)CC1. The highest BCUT2D eigenvalue weighted by molar-refractivity contribution is 5.62. The fourth-order valence-electron chi connectivity index (χ4n) is 4.98. The van der Waals surface area contributed by atoms with E-state index >= 15 is 4.39 Å². The summed E-state index contributed by atoms with van der Waals surface area (Å²) in [6, 6.07) is 6.78. The van der Waals surface area contributed by atoms with Crippen LogP contribution in [0.25, 0.3) is 6.08 Å². The van der Waals surface area contributed by atoms with Crippen LogP contribution in [-0.2, 0) is 5.60 Å². The lowest BCUT2D eigenvalue weighted by atomic mass is 9.75. The van der Waals surface area contributed by atoms with E-state index in [0.717, 1.165) is 24.3 Å². The maximum absolute atomic E-state index is 15.3. The summed E-state index contributed by atoms with van der Waals surface area (Å²) in [6.45, 7) is 2.21. The van der Waals surface area contributed by atoms with Gasteiger partial charge in [-0.3, -0.25) is 0 Å². The van der Waals surface area contributed by atoms with Crippen molar-refractivity contribution in [1.82, 2.24) is 0 Å². The van der Waals surface area contributed by atoms with Crippen molar-refractivity contribution in [2.24, 2.45) is 5.92 Å². The van der Waals surface area contributed by atoms with Crippen LogP contribution in [0.2, 0.25) is 0 Å². The van der Waals surface area contributed by atoms with Gasteiger partial charge < -0.3 is 5.11 Å². The number of fused-ring (bicyclic) bond motifs is 1. The second kappa shape index (κ2) is 8.18. The van der Waals surface area contributed by atoms with E-state index in [1.54, 1.807) is 12.1 Å². The standard InChI is InChI=1S/C25H26F4O/c1-2-3-15-4-6-16(7-5-15)17-8-9-20-18(12-17)10-11-25(30,24(20)29)19-13-21(26)23(28)22(27)14-19/h8-16,24,30H,2-7H2,1H3. The number of hydrogen-bond acceptors (Lipinski definition) is 1. The third kappa shape index (κ3) is 3.68. The molecule has 0 heterocycles. The fourth-order valence-corrected chi connectivity index (χ4v) is 4.98. The fraction of sp³-hybridized carbons (Fsp3) is 0.440. The molecule has 0 spiro atoms. The Bertz CT molecular complexity index is 939. The molecule has 2 aliphatic rings. The second-order valence-corrected chi connectivity index (χ2v) is 8.67. The molecule has 0 bridgehead atoms. The van der Waals surface area contributed by atoms with Gasteiger partial charge in [0.05, 0.1) is 0 Å². The lowest BCUT2D eigenvalue weighted by Crippen LogP contribution is -2.32. The number of benzene rings is 2. The van der Waals surface area contributed by atoms with E-state index < -0.39 is 29.2 Å². The monoisotopic (exact) mass is 418 g/mol. The molecule has 2 aliphatic carbocycles. The van der Waals surface area contributed by atoms with E-state index in [2.05, 4.69) is 6.92 Å². The van der Waals surface area contributed by atoms with E-state index in [4.69, 9.17) is 0 Å². The van der Waals surface area contributed by atoms with Crippen molar-refractivity contribution in [1.29, 1.82) is 0 Å². The van der Waals surface area contributed by atoms with Crippen LogP contribution >= 0.6 is 0 Å². The molecule has 0 radical (unpaired) electrons. The summed E-state index contributed by atoms with van der Waals surface area (Å²) in [5.74, 6) is -3.32. The normalized spacial score (nSPS) is 28.4. The number of rotatable bonds is 4. The molecule has 2 aromatic carbocycles. The van der Waals surface area contributed by atoms with Crippen LogP contribution in [0.4, 0.5) is 17.6 Å². The van der Waals surface area contributed by atoms with Crippen molar-refractivity contribution in [3.8, 4) is 0 Å². The minimum absolute atomic E-state index is 0.258. The molecule has 0 aromatic heterocycles. The van der Waals surface area contributed by atoms with Crippen LogP contribution < -0.4 is 0 Å². The summed E-state index contributed by atoms with van der Waals surface area (Å²) in [5.41, 5.74) is -0.546. The van der Waals surface area contributed by atoms with Crippen molar-refractivity contribution < 1.29 is 22.7 Å². The highest BCUT2D eigenvalue weighted by Crippen LogP contribution is 2.46. The van der Waals surface area contributed by atoms with E-state index in [9.17, 15) is 18.3 Å². The van der Waals surface area contributed by atoms with Crippen LogP contribution in [-0.4, -0.2) is 5.11 Å². The number of halogens is 4. The second-order valence-electron chi connectivity index (χ2n) is 8.67. The largest absolute Gasteiger partial charge is 0.378 e. The molecule has 0 saturated heterocycles. The molecule has 2 aromatic rings. The molecule has 4 rings (SSSR count). The number of hydrogen-bond donors (Lipinski definition) is 1. The quantitative estimate of drug-likeness (QED) is 0.415. The van der Waals surface area contributed by atoms with Gasteiger partial charge in [-0.2, -0.15) is 0 Å². The van der Waals surface area contributed by atoms with Crippen LogP contribution in [0, 0.1) is 23.4 Å². The predicted octanol–water partition coefficient (Wildman–Crippen LogP) is 7.10. The third-order valence-corrected chi connectivity index (χ3v) is 6.75. The number of alkyl halides is 1. The molecule has 1 nitrogen and oxygen atoms in total. The summed E-state index contributed by atoms with van der Waals surface area (Å²) in [5, 5.41) is 10.9. The molecule has 30 heavy (non-hydrogen) atoms. The third-order valence-electron chi connectivity index (χ3n) is 6.75. The molecule has 1 saturated carbocycles. The Labute approximate surface area is 174 Å². The summed E-state index contributed by atoms with van der Waals surface area (Å²) in [6.07, 6.45) is 7.99. The lowest BCUT2D eigenvalue weighted by molar-refractivity contribution is -0.000287. The van der Waals surface area contributed by atoms with Crippen molar-refractivity contribution in [3.05, 3.63) is 76.1 Å². The topological polar surface area (TPSA) is 20.2 Å². The Kier molecular flexibility index (Phi) is 5.75. The van der Waals surface area contributed by atoms with Gasteiger partial charge in [0.2, 0.25) is 0 Å². The maximum atomic E-state index is 15.3. The highest BCUT2D eigenvalue weighted by Gasteiger charge is 2.42. The first-order chi connectivity index (χ1) is 14.3. The summed E-state index contributed by atoms with van der Waals surface area (Å²) in [7, 11) is 0. The zero-order valence-electron chi connectivity index (χ0n) is 17.0. The highest BCUT2D eigenvalue weighted by atomic mass is 19.2. The van der Waals surface area contributed by atoms with Crippen LogP contribution in [0.5, 0.6) is 0 Å². The van der Waals surface area contributed by atoms with Gasteiger partial charge in [0.1, 0.15) is 5.60 Å². The first-order valence-corrected chi connectivity index (χ1v) is 10.7. The molecule has 5 heteroatoms. The van der Waals surface area contributed by atoms with Crippen LogP contribution in [0.3, 0.4) is 0 Å². The smallest absolute Gasteiger partial charge is 0.194 e. The van der Waals surface area contributed by atoms with Gasteiger partial charge in [-0.05, 0) is 78.0 Å². The Morgan fingerprint density at radius 2 is 1.67 bits per heavy atom. The molecular formula is C25H26F4O. The molecular weight excluding hydrogens is 392 g/mol. The predicted molar refractivity (Wildman–Crippen MR) is 109 cm³/mol. The van der Waals surface area contributed by atoms with Gasteiger partial charge in [-0.25, -0.2) is 17.6 Å². The van der Waals surface area contributed by atoms with Crippen LogP contribution in [0.15, 0.2) is 36.4 Å². The molecule has 0 amide bonds. The average Bonchev–Trinajstić information content (AvgIpc) is 2.75. The Morgan fingerprint density at radius 3 is 2.30 bits per heavy atom. The average molecular weight is 418 g/mol. The van der Waals surface area contributed by atoms with Crippen molar-refractivity contribution in [2.45, 2.75) is 63.1 Å². The van der Waals surface area contributed by atoms with E-state index in [0.29, 0.717) is 23.6 Å². The van der Waals surface area contributed by atoms with Crippen molar-refractivity contribution in [2.75, 3.05) is 0 Å². The molecule has 160 valence electrons. The zero-order chi connectivity index (χ0) is 21.5. The first-order valence-electron chi connectivity index (χ1n) is 10.7. The minimum Gasteiger partial charge on any atom is -0.378 e. The molecule has 2 unspecified atom stereocenters. The zero-order valence-corrected chi connectivity index (χ0v) is 17.0. The van der Waals surface area contributed by atoms with E-state index in [-0.39, 0.29) is 11.1 Å². The van der Waals surface area contributed by atoms with Gasteiger partial charge >= 0.3 is 0 Å². The van der Waals surface area contributed by atoms with Gasteiger partial charge in [-0.15, -0.1) is 0 Å². The molecule has 1 N–H and O–H groups in total. The van der Waals surface area contributed by atoms with Gasteiger partial charge in [-0.1, -0.05) is 44.0 Å². The maximum Gasteiger partial charge on any atom is 0.194 e. The van der Waals surface area contributed by atoms with E-state index in [1.807, 2.05) is 12.1 Å². The number of aliphatic hydroxyl groups is 1. The van der Waals surface area contributed by atoms with Crippen molar-refractivity contribution >= 4 is 6.08 Å². The lowest BCUT2D eigenvalue weighted by Gasteiger charge is -2.34. The van der Waals surface area contributed by atoms with Crippen molar-refractivity contribution in [3.63, 3.8) is 0 Å². The molecule has 2 atom stereocenters. The van der Waals surface area contributed by atoms with Gasteiger partial charge in [0.25, 0.3) is 0 Å². The van der Waals surface area contributed by atoms with E-state index in [1.165, 1.54) is 31.8 Å². The summed E-state index contributed by atoms with van der Waals surface area (Å²) in [4.78, 5) is 0. The van der Waals surface area contributed by atoms with Gasteiger partial charge in [0.15, 0.2) is 23.6 Å². The summed E-state index contributed by atoms with van der Waals surface area (Å²) >= 11 is 0. The Balaban J connectivity index is 1.59. The minimum atomic E-state index is -2.26. The molecule has 0 aliphatic heterocycles. The molecule has 1 fully saturated rings. The van der Waals surface area contributed by atoms with Gasteiger partial charge in [0, 0.05) is 0 Å².